The van der Waals surface area contributed by atoms with Crippen LogP contribution in [0.25, 0.3) is 0 Å². The SMILES string of the molecule is CCCCNc1nccn1CCCOc1ccccc1. The molecular weight excluding hydrogens is 250 g/mol. The minimum atomic E-state index is 0.719. The number of anilines is 1. The van der Waals surface area contributed by atoms with Gasteiger partial charge in [0.05, 0.1) is 6.61 Å². The minimum Gasteiger partial charge on any atom is -0.494 e. The molecule has 1 aromatic heterocycles. The molecule has 0 saturated carbocycles. The highest BCUT2D eigenvalue weighted by atomic mass is 16.5. The van der Waals surface area contributed by atoms with E-state index in [1.165, 1.54) is 12.8 Å². The Morgan fingerprint density at radius 3 is 2.85 bits per heavy atom. The van der Waals surface area contributed by atoms with Crippen molar-refractivity contribution in [2.24, 2.45) is 0 Å². The lowest BCUT2D eigenvalue weighted by atomic mass is 10.3. The van der Waals surface area contributed by atoms with Crippen molar-refractivity contribution < 1.29 is 4.74 Å². The van der Waals surface area contributed by atoms with Gasteiger partial charge in [0, 0.05) is 25.5 Å². The molecule has 0 aliphatic rings. The molecule has 0 spiro atoms. The van der Waals surface area contributed by atoms with Gasteiger partial charge in [-0.3, -0.25) is 0 Å². The number of nitrogens with one attached hydrogen (secondary N) is 1. The van der Waals surface area contributed by atoms with Crippen molar-refractivity contribution in [3.8, 4) is 5.75 Å². The summed E-state index contributed by atoms with van der Waals surface area (Å²) in [7, 11) is 0. The van der Waals surface area contributed by atoms with Crippen molar-refractivity contribution in [3.63, 3.8) is 0 Å². The molecule has 4 heteroatoms. The summed E-state index contributed by atoms with van der Waals surface area (Å²) in [5.41, 5.74) is 0. The molecule has 0 aliphatic carbocycles. The normalized spacial score (nSPS) is 10.4. The first kappa shape index (κ1) is 14.4. The maximum Gasteiger partial charge on any atom is 0.202 e. The molecule has 0 radical (unpaired) electrons. The second-order valence-corrected chi connectivity index (χ2v) is 4.74. The smallest absolute Gasteiger partial charge is 0.202 e. The highest BCUT2D eigenvalue weighted by Gasteiger charge is 2.01. The van der Waals surface area contributed by atoms with E-state index in [1.807, 2.05) is 42.7 Å². The van der Waals surface area contributed by atoms with Gasteiger partial charge in [-0.1, -0.05) is 31.5 Å². The molecule has 0 saturated heterocycles. The van der Waals surface area contributed by atoms with Gasteiger partial charge < -0.3 is 14.6 Å². The third-order valence-corrected chi connectivity index (χ3v) is 3.08. The maximum atomic E-state index is 5.69. The number of para-hydroxylation sites is 1. The summed E-state index contributed by atoms with van der Waals surface area (Å²) in [5, 5.41) is 3.36. The number of imidazole rings is 1. The Morgan fingerprint density at radius 2 is 2.05 bits per heavy atom. The molecule has 0 unspecified atom stereocenters. The fraction of sp³-hybridized carbons (Fsp3) is 0.438. The van der Waals surface area contributed by atoms with Crippen LogP contribution in [0.2, 0.25) is 0 Å². The van der Waals surface area contributed by atoms with Gasteiger partial charge in [-0.05, 0) is 25.0 Å². The van der Waals surface area contributed by atoms with Gasteiger partial charge in [0.25, 0.3) is 0 Å². The number of aryl methyl sites for hydroxylation is 1. The molecule has 1 heterocycles. The molecule has 1 N–H and O–H groups in total. The Morgan fingerprint density at radius 1 is 1.20 bits per heavy atom. The molecule has 1 aromatic carbocycles. The summed E-state index contributed by atoms with van der Waals surface area (Å²) in [6.07, 6.45) is 7.18. The van der Waals surface area contributed by atoms with Crippen LogP contribution in [0.3, 0.4) is 0 Å². The maximum absolute atomic E-state index is 5.69. The van der Waals surface area contributed by atoms with Crippen LogP contribution in [0.1, 0.15) is 26.2 Å². The number of ether oxygens (including phenoxy) is 1. The van der Waals surface area contributed by atoms with E-state index < -0.39 is 0 Å². The number of rotatable bonds is 9. The van der Waals surface area contributed by atoms with Crippen LogP contribution in [0.5, 0.6) is 5.75 Å². The van der Waals surface area contributed by atoms with E-state index in [0.29, 0.717) is 0 Å². The first-order valence-corrected chi connectivity index (χ1v) is 7.33. The van der Waals surface area contributed by atoms with Gasteiger partial charge in [-0.25, -0.2) is 4.98 Å². The first-order valence-electron chi connectivity index (χ1n) is 7.33. The minimum absolute atomic E-state index is 0.719. The van der Waals surface area contributed by atoms with Crippen LogP contribution >= 0.6 is 0 Å². The second-order valence-electron chi connectivity index (χ2n) is 4.74. The second kappa shape index (κ2) is 8.25. The van der Waals surface area contributed by atoms with Crippen molar-refractivity contribution in [2.45, 2.75) is 32.7 Å². The number of aromatic nitrogens is 2. The van der Waals surface area contributed by atoms with E-state index in [4.69, 9.17) is 4.74 Å². The Hall–Kier alpha value is -1.97. The highest BCUT2D eigenvalue weighted by Crippen LogP contribution is 2.10. The van der Waals surface area contributed by atoms with Crippen molar-refractivity contribution in [1.82, 2.24) is 9.55 Å². The molecule has 2 aromatic rings. The van der Waals surface area contributed by atoms with Crippen LogP contribution in [-0.4, -0.2) is 22.7 Å². The summed E-state index contributed by atoms with van der Waals surface area (Å²) in [5.74, 6) is 1.89. The monoisotopic (exact) mass is 273 g/mol. The predicted octanol–water partition coefficient (Wildman–Crippen LogP) is 3.56. The summed E-state index contributed by atoms with van der Waals surface area (Å²) >= 11 is 0. The number of hydrogen-bond donors (Lipinski definition) is 1. The van der Waals surface area contributed by atoms with E-state index in [0.717, 1.165) is 37.8 Å². The van der Waals surface area contributed by atoms with Crippen molar-refractivity contribution in [3.05, 3.63) is 42.7 Å². The van der Waals surface area contributed by atoms with E-state index >= 15 is 0 Å². The van der Waals surface area contributed by atoms with Crippen LogP contribution in [0.15, 0.2) is 42.7 Å². The zero-order valence-electron chi connectivity index (χ0n) is 12.1. The zero-order valence-corrected chi connectivity index (χ0v) is 12.1. The predicted molar refractivity (Wildman–Crippen MR) is 82.2 cm³/mol. The molecular formula is C16H23N3O. The van der Waals surface area contributed by atoms with E-state index in [9.17, 15) is 0 Å². The average molecular weight is 273 g/mol. The quantitative estimate of drug-likeness (QED) is 0.710. The largest absolute Gasteiger partial charge is 0.494 e. The number of nitrogens with zero attached hydrogens (tertiary/aromatic N) is 2. The Labute approximate surface area is 120 Å². The molecule has 2 rings (SSSR count). The molecule has 0 amide bonds. The zero-order chi connectivity index (χ0) is 14.0. The standard InChI is InChI=1S/C16H23N3O/c1-2-3-10-17-16-18-11-13-19(16)12-7-14-20-15-8-5-4-6-9-15/h4-6,8-9,11,13H,2-3,7,10,12,14H2,1H3,(H,17,18). The Balaban J connectivity index is 1.70. The number of hydrogen-bond acceptors (Lipinski definition) is 3. The lowest BCUT2D eigenvalue weighted by Gasteiger charge is -2.10. The van der Waals surface area contributed by atoms with Crippen molar-refractivity contribution in [1.29, 1.82) is 0 Å². The lowest BCUT2D eigenvalue weighted by Crippen LogP contribution is -2.10. The van der Waals surface area contributed by atoms with Crippen LogP contribution in [0.4, 0.5) is 5.95 Å². The van der Waals surface area contributed by atoms with Gasteiger partial charge in [0.15, 0.2) is 0 Å². The Kier molecular flexibility index (Phi) is 5.96. The fourth-order valence-electron chi connectivity index (χ4n) is 1.98. The molecule has 0 bridgehead atoms. The topological polar surface area (TPSA) is 39.1 Å². The highest BCUT2D eigenvalue weighted by molar-refractivity contribution is 5.25. The number of benzene rings is 1. The third-order valence-electron chi connectivity index (χ3n) is 3.08. The van der Waals surface area contributed by atoms with Crippen LogP contribution in [0, 0.1) is 0 Å². The van der Waals surface area contributed by atoms with Gasteiger partial charge in [-0.2, -0.15) is 0 Å². The van der Waals surface area contributed by atoms with Gasteiger partial charge in [-0.15, -0.1) is 0 Å². The summed E-state index contributed by atoms with van der Waals surface area (Å²) in [6, 6.07) is 9.93. The average Bonchev–Trinajstić information content (AvgIpc) is 2.93. The summed E-state index contributed by atoms with van der Waals surface area (Å²) in [4.78, 5) is 4.34. The van der Waals surface area contributed by atoms with E-state index in [-0.39, 0.29) is 0 Å². The molecule has 20 heavy (non-hydrogen) atoms. The lowest BCUT2D eigenvalue weighted by molar-refractivity contribution is 0.302. The molecule has 0 fully saturated rings. The van der Waals surface area contributed by atoms with E-state index in [1.54, 1.807) is 0 Å². The molecule has 4 nitrogen and oxygen atoms in total. The molecule has 0 atom stereocenters. The summed E-state index contributed by atoms with van der Waals surface area (Å²) in [6.45, 7) is 4.81. The van der Waals surface area contributed by atoms with Crippen LogP contribution < -0.4 is 10.1 Å². The number of unbranched alkanes of at least 4 members (excludes halogenated alkanes) is 1. The first-order chi connectivity index (χ1) is 9.90. The summed E-state index contributed by atoms with van der Waals surface area (Å²) < 4.78 is 7.83. The van der Waals surface area contributed by atoms with Crippen molar-refractivity contribution in [2.75, 3.05) is 18.5 Å². The Bertz CT molecular complexity index is 481. The third kappa shape index (κ3) is 4.61. The van der Waals surface area contributed by atoms with Gasteiger partial charge in [0.1, 0.15) is 5.75 Å². The molecule has 108 valence electrons. The fourth-order valence-corrected chi connectivity index (χ4v) is 1.98. The van der Waals surface area contributed by atoms with Gasteiger partial charge in [0.2, 0.25) is 5.95 Å². The van der Waals surface area contributed by atoms with E-state index in [2.05, 4.69) is 21.8 Å². The van der Waals surface area contributed by atoms with Crippen molar-refractivity contribution >= 4 is 5.95 Å². The van der Waals surface area contributed by atoms with Gasteiger partial charge >= 0.3 is 0 Å². The molecule has 0 aliphatic heterocycles. The van der Waals surface area contributed by atoms with Crippen LogP contribution in [-0.2, 0) is 6.54 Å².